The maximum Gasteiger partial charge on any atom is 0.0426 e. The first kappa shape index (κ1) is 12.5. The Morgan fingerprint density at radius 1 is 0.778 bits per heavy atom. The molecular formula is C16H20N2. The van der Waals surface area contributed by atoms with Crippen molar-refractivity contribution in [2.75, 3.05) is 30.9 Å². The highest BCUT2D eigenvalue weighted by molar-refractivity contribution is 5.58. The van der Waals surface area contributed by atoms with Gasteiger partial charge in [0.25, 0.3) is 0 Å². The van der Waals surface area contributed by atoms with Crippen molar-refractivity contribution in [1.29, 1.82) is 0 Å². The number of nitrogens with zero attached hydrogens (tertiary/aromatic N) is 2. The van der Waals surface area contributed by atoms with Gasteiger partial charge in [0, 0.05) is 39.1 Å². The normalized spacial score (nSPS) is 10.2. The standard InChI is InChI=1S/C16H20N2/c1-17(2)15-10-7-11-16(12-15)18(3)13-14-8-5-4-6-9-14/h4-12H,13H2,1-3H3. The summed E-state index contributed by atoms with van der Waals surface area (Å²) in [6.45, 7) is 0.928. The predicted octanol–water partition coefficient (Wildman–Crippen LogP) is 3.39. The minimum Gasteiger partial charge on any atom is -0.378 e. The van der Waals surface area contributed by atoms with E-state index in [1.54, 1.807) is 0 Å². The first-order chi connectivity index (χ1) is 8.66. The van der Waals surface area contributed by atoms with Crippen LogP contribution in [0, 0.1) is 0 Å². The Labute approximate surface area is 109 Å². The third-order valence-corrected chi connectivity index (χ3v) is 3.05. The van der Waals surface area contributed by atoms with Gasteiger partial charge in [-0.1, -0.05) is 36.4 Å². The molecule has 0 bridgehead atoms. The van der Waals surface area contributed by atoms with Gasteiger partial charge in [-0.25, -0.2) is 0 Å². The number of anilines is 2. The van der Waals surface area contributed by atoms with Crippen LogP contribution in [0.25, 0.3) is 0 Å². The fourth-order valence-corrected chi connectivity index (χ4v) is 1.96. The Bertz CT molecular complexity index is 491. The second kappa shape index (κ2) is 5.58. The Morgan fingerprint density at radius 2 is 1.44 bits per heavy atom. The number of hydrogen-bond acceptors (Lipinski definition) is 2. The van der Waals surface area contributed by atoms with Crippen LogP contribution < -0.4 is 9.80 Å². The van der Waals surface area contributed by atoms with Crippen LogP contribution in [0.1, 0.15) is 5.56 Å². The van der Waals surface area contributed by atoms with Crippen LogP contribution >= 0.6 is 0 Å². The van der Waals surface area contributed by atoms with E-state index in [0.29, 0.717) is 0 Å². The predicted molar refractivity (Wildman–Crippen MR) is 79.3 cm³/mol. The van der Waals surface area contributed by atoms with Crippen LogP contribution in [0.2, 0.25) is 0 Å². The van der Waals surface area contributed by atoms with Gasteiger partial charge < -0.3 is 9.80 Å². The van der Waals surface area contributed by atoms with Crippen LogP contribution in [-0.4, -0.2) is 21.1 Å². The lowest BCUT2D eigenvalue weighted by Crippen LogP contribution is -2.17. The molecule has 0 unspecified atom stereocenters. The molecule has 2 aromatic carbocycles. The summed E-state index contributed by atoms with van der Waals surface area (Å²) in [6, 6.07) is 19.1. The van der Waals surface area contributed by atoms with E-state index in [1.165, 1.54) is 16.9 Å². The van der Waals surface area contributed by atoms with Crippen molar-refractivity contribution in [2.24, 2.45) is 0 Å². The molecule has 18 heavy (non-hydrogen) atoms. The van der Waals surface area contributed by atoms with Gasteiger partial charge in [0.15, 0.2) is 0 Å². The number of benzene rings is 2. The van der Waals surface area contributed by atoms with Crippen molar-refractivity contribution in [3.05, 3.63) is 60.2 Å². The molecule has 0 atom stereocenters. The third-order valence-electron chi connectivity index (χ3n) is 3.05. The average Bonchev–Trinajstić information content (AvgIpc) is 2.40. The smallest absolute Gasteiger partial charge is 0.0426 e. The summed E-state index contributed by atoms with van der Waals surface area (Å²) in [7, 11) is 6.26. The molecule has 0 aliphatic rings. The van der Waals surface area contributed by atoms with Crippen molar-refractivity contribution in [2.45, 2.75) is 6.54 Å². The lowest BCUT2D eigenvalue weighted by Gasteiger charge is -2.21. The fourth-order valence-electron chi connectivity index (χ4n) is 1.96. The lowest BCUT2D eigenvalue weighted by molar-refractivity contribution is 0.922. The van der Waals surface area contributed by atoms with Gasteiger partial charge in [0.2, 0.25) is 0 Å². The van der Waals surface area contributed by atoms with Gasteiger partial charge in [-0.15, -0.1) is 0 Å². The van der Waals surface area contributed by atoms with Crippen LogP contribution in [0.4, 0.5) is 11.4 Å². The maximum absolute atomic E-state index is 2.27. The highest BCUT2D eigenvalue weighted by atomic mass is 15.1. The molecule has 2 nitrogen and oxygen atoms in total. The minimum absolute atomic E-state index is 0.928. The summed E-state index contributed by atoms with van der Waals surface area (Å²) >= 11 is 0. The topological polar surface area (TPSA) is 6.48 Å². The molecule has 0 aliphatic carbocycles. The Balaban J connectivity index is 2.14. The van der Waals surface area contributed by atoms with Crippen LogP contribution in [0.5, 0.6) is 0 Å². The van der Waals surface area contributed by atoms with Gasteiger partial charge in [-0.2, -0.15) is 0 Å². The van der Waals surface area contributed by atoms with E-state index in [4.69, 9.17) is 0 Å². The zero-order valence-corrected chi connectivity index (χ0v) is 11.3. The largest absolute Gasteiger partial charge is 0.378 e. The fraction of sp³-hybridized carbons (Fsp3) is 0.250. The van der Waals surface area contributed by atoms with Crippen LogP contribution in [0.15, 0.2) is 54.6 Å². The summed E-state index contributed by atoms with van der Waals surface area (Å²) in [5, 5.41) is 0. The van der Waals surface area contributed by atoms with E-state index in [2.05, 4.69) is 85.5 Å². The van der Waals surface area contributed by atoms with Crippen molar-refractivity contribution < 1.29 is 0 Å². The lowest BCUT2D eigenvalue weighted by atomic mass is 10.2. The summed E-state index contributed by atoms with van der Waals surface area (Å²) in [5.41, 5.74) is 3.80. The second-order valence-electron chi connectivity index (χ2n) is 4.76. The van der Waals surface area contributed by atoms with Gasteiger partial charge in [0.05, 0.1) is 0 Å². The third kappa shape index (κ3) is 3.04. The average molecular weight is 240 g/mol. The highest BCUT2D eigenvalue weighted by Gasteiger charge is 2.03. The summed E-state index contributed by atoms with van der Waals surface area (Å²) < 4.78 is 0. The number of hydrogen-bond donors (Lipinski definition) is 0. The van der Waals surface area contributed by atoms with Gasteiger partial charge >= 0.3 is 0 Å². The van der Waals surface area contributed by atoms with Gasteiger partial charge in [-0.05, 0) is 23.8 Å². The van der Waals surface area contributed by atoms with E-state index in [9.17, 15) is 0 Å². The minimum atomic E-state index is 0.928. The Hall–Kier alpha value is -1.96. The van der Waals surface area contributed by atoms with Crippen molar-refractivity contribution in [1.82, 2.24) is 0 Å². The zero-order chi connectivity index (χ0) is 13.0. The Kier molecular flexibility index (Phi) is 3.88. The molecule has 2 aromatic rings. The molecule has 0 spiro atoms. The first-order valence-electron chi connectivity index (χ1n) is 6.19. The van der Waals surface area contributed by atoms with Crippen molar-refractivity contribution >= 4 is 11.4 Å². The monoisotopic (exact) mass is 240 g/mol. The molecule has 0 radical (unpaired) electrons. The van der Waals surface area contributed by atoms with Crippen molar-refractivity contribution in [3.8, 4) is 0 Å². The van der Waals surface area contributed by atoms with E-state index in [1.807, 2.05) is 0 Å². The Morgan fingerprint density at radius 3 is 2.11 bits per heavy atom. The van der Waals surface area contributed by atoms with Crippen molar-refractivity contribution in [3.63, 3.8) is 0 Å². The van der Waals surface area contributed by atoms with E-state index in [0.717, 1.165) is 6.54 Å². The molecule has 94 valence electrons. The highest BCUT2D eigenvalue weighted by Crippen LogP contribution is 2.21. The molecule has 0 heterocycles. The van der Waals surface area contributed by atoms with Gasteiger partial charge in [-0.3, -0.25) is 0 Å². The SMILES string of the molecule is CN(C)c1cccc(N(C)Cc2ccccc2)c1. The maximum atomic E-state index is 2.27. The molecular weight excluding hydrogens is 220 g/mol. The summed E-state index contributed by atoms with van der Waals surface area (Å²) in [4.78, 5) is 4.39. The second-order valence-corrected chi connectivity index (χ2v) is 4.76. The van der Waals surface area contributed by atoms with Crippen LogP contribution in [0.3, 0.4) is 0 Å². The summed E-state index contributed by atoms with van der Waals surface area (Å²) in [5.74, 6) is 0. The molecule has 0 saturated carbocycles. The summed E-state index contributed by atoms with van der Waals surface area (Å²) in [6.07, 6.45) is 0. The van der Waals surface area contributed by atoms with Crippen LogP contribution in [-0.2, 0) is 6.54 Å². The molecule has 2 heteroatoms. The molecule has 0 saturated heterocycles. The van der Waals surface area contributed by atoms with E-state index < -0.39 is 0 Å². The molecule has 0 amide bonds. The van der Waals surface area contributed by atoms with E-state index in [-0.39, 0.29) is 0 Å². The molecule has 0 fully saturated rings. The number of rotatable bonds is 4. The van der Waals surface area contributed by atoms with Gasteiger partial charge in [0.1, 0.15) is 0 Å². The molecule has 2 rings (SSSR count). The molecule has 0 aromatic heterocycles. The zero-order valence-electron chi connectivity index (χ0n) is 11.3. The first-order valence-corrected chi connectivity index (χ1v) is 6.19. The quantitative estimate of drug-likeness (QED) is 0.808. The molecule has 0 N–H and O–H groups in total. The van der Waals surface area contributed by atoms with E-state index >= 15 is 0 Å². The molecule has 0 aliphatic heterocycles.